The van der Waals surface area contributed by atoms with Gasteiger partial charge < -0.3 is 10.2 Å². The van der Waals surface area contributed by atoms with Crippen molar-refractivity contribution in [2.75, 3.05) is 0 Å². The molecule has 3 N–H and O–H groups in total. The van der Waals surface area contributed by atoms with E-state index in [4.69, 9.17) is 10.6 Å². The van der Waals surface area contributed by atoms with Gasteiger partial charge in [-0.25, -0.2) is 13.8 Å². The molecule has 1 aromatic carbocycles. The number of halogens is 2. The van der Waals surface area contributed by atoms with Gasteiger partial charge in [-0.15, -0.1) is 0 Å². The molecule has 0 radical (unpaired) electrons. The lowest BCUT2D eigenvalue weighted by Crippen LogP contribution is -2.13. The molecule has 0 aromatic heterocycles. The van der Waals surface area contributed by atoms with Crippen LogP contribution in [0, 0.1) is 11.6 Å². The Morgan fingerprint density at radius 2 is 2.06 bits per heavy atom. The van der Waals surface area contributed by atoms with E-state index in [1.807, 2.05) is 0 Å². The second kappa shape index (κ2) is 7.18. The van der Waals surface area contributed by atoms with Crippen molar-refractivity contribution in [3.8, 4) is 5.75 Å². The summed E-state index contributed by atoms with van der Waals surface area (Å²) in [4.78, 5) is 3.83. The largest absolute Gasteiger partial charge is 0.433 e. The first kappa shape index (κ1) is 13.9. The third-order valence-electron chi connectivity index (χ3n) is 1.81. The topological polar surface area (TPSA) is 59.6 Å². The van der Waals surface area contributed by atoms with Crippen LogP contribution >= 0.6 is 0 Å². The minimum atomic E-state index is -0.798. The molecule has 0 heterocycles. The second-order valence-corrected chi connectivity index (χ2v) is 3.10. The Balaban J connectivity index is 2.97. The summed E-state index contributed by atoms with van der Waals surface area (Å²) in [6.45, 7) is 1.72. The Morgan fingerprint density at radius 3 is 2.61 bits per heavy atom. The van der Waals surface area contributed by atoms with E-state index in [1.165, 1.54) is 24.5 Å². The van der Waals surface area contributed by atoms with E-state index in [0.717, 1.165) is 12.1 Å². The van der Waals surface area contributed by atoms with Gasteiger partial charge in [0.1, 0.15) is 0 Å². The number of ether oxygens (including phenoxy) is 1. The number of rotatable bonds is 4. The molecule has 0 amide bonds. The molecule has 0 aliphatic heterocycles. The highest BCUT2D eigenvalue weighted by molar-refractivity contribution is 5.89. The lowest BCUT2D eigenvalue weighted by Gasteiger charge is -2.06. The summed E-state index contributed by atoms with van der Waals surface area (Å²) in [6, 6.07) is 3.45. The number of hydrazine groups is 1. The molecule has 96 valence electrons. The molecule has 1 aromatic rings. The van der Waals surface area contributed by atoms with Crippen LogP contribution in [0.25, 0.3) is 0 Å². The van der Waals surface area contributed by atoms with E-state index in [9.17, 15) is 8.78 Å². The monoisotopic (exact) mass is 253 g/mol. The fourth-order valence-electron chi connectivity index (χ4n) is 1.08. The number of nitrogens with zero attached hydrogens (tertiary/aromatic N) is 1. The Kier molecular flexibility index (Phi) is 5.53. The summed E-state index contributed by atoms with van der Waals surface area (Å²) in [6.07, 6.45) is 5.73. The SMILES string of the molecule is C/C=C/C(=N/C=C/NN)Oc1c(F)cccc1F. The first-order valence-electron chi connectivity index (χ1n) is 5.12. The summed E-state index contributed by atoms with van der Waals surface area (Å²) in [5, 5.41) is 0. The van der Waals surface area contributed by atoms with Gasteiger partial charge in [0.25, 0.3) is 0 Å². The van der Waals surface area contributed by atoms with E-state index in [1.54, 1.807) is 13.0 Å². The molecule has 0 saturated heterocycles. The molecule has 0 spiro atoms. The van der Waals surface area contributed by atoms with Gasteiger partial charge in [0, 0.05) is 12.4 Å². The van der Waals surface area contributed by atoms with Crippen molar-refractivity contribution < 1.29 is 13.5 Å². The minimum Gasteiger partial charge on any atom is -0.433 e. The lowest BCUT2D eigenvalue weighted by atomic mass is 10.3. The van der Waals surface area contributed by atoms with Crippen molar-refractivity contribution in [2.45, 2.75) is 6.92 Å². The molecule has 0 fully saturated rings. The number of nitrogens with two attached hydrogens (primary N) is 1. The fraction of sp³-hybridized carbons (Fsp3) is 0.0833. The maximum Gasteiger partial charge on any atom is 0.219 e. The predicted molar refractivity (Wildman–Crippen MR) is 65.7 cm³/mol. The minimum absolute atomic E-state index is 0.0352. The van der Waals surface area contributed by atoms with Crippen LogP contribution in [-0.4, -0.2) is 5.90 Å². The van der Waals surface area contributed by atoms with Crippen molar-refractivity contribution in [1.29, 1.82) is 0 Å². The van der Waals surface area contributed by atoms with Gasteiger partial charge >= 0.3 is 0 Å². The number of hydrogen-bond acceptors (Lipinski definition) is 4. The van der Waals surface area contributed by atoms with Crippen LogP contribution in [0.2, 0.25) is 0 Å². The molecule has 6 heteroatoms. The average molecular weight is 253 g/mol. The normalized spacial score (nSPS) is 12.3. The van der Waals surface area contributed by atoms with Gasteiger partial charge in [-0.2, -0.15) is 0 Å². The number of aliphatic imine (C=N–C) groups is 1. The Morgan fingerprint density at radius 1 is 1.39 bits per heavy atom. The lowest BCUT2D eigenvalue weighted by molar-refractivity contribution is 0.449. The molecule has 0 unspecified atom stereocenters. The predicted octanol–water partition coefficient (Wildman–Crippen LogP) is 2.25. The van der Waals surface area contributed by atoms with Gasteiger partial charge in [0.2, 0.25) is 11.6 Å². The number of benzene rings is 1. The summed E-state index contributed by atoms with van der Waals surface area (Å²) in [5.41, 5.74) is 2.24. The van der Waals surface area contributed by atoms with E-state index in [0.29, 0.717) is 0 Å². The van der Waals surface area contributed by atoms with Crippen molar-refractivity contribution in [1.82, 2.24) is 5.43 Å². The summed E-state index contributed by atoms with van der Waals surface area (Å²) >= 11 is 0. The molecule has 1 rings (SSSR count). The standard InChI is InChI=1S/C12H13F2N3O/c1-2-4-11(16-7-8-17-15)18-12-9(13)5-3-6-10(12)14/h2-8,17H,15H2,1H3/b4-2+,8-7+,16-11-. The van der Waals surface area contributed by atoms with Crippen LogP contribution in [-0.2, 0) is 0 Å². The number of nitrogens with one attached hydrogen (secondary N) is 1. The van der Waals surface area contributed by atoms with E-state index < -0.39 is 17.4 Å². The zero-order valence-corrected chi connectivity index (χ0v) is 9.73. The highest BCUT2D eigenvalue weighted by atomic mass is 19.1. The highest BCUT2D eigenvalue weighted by Gasteiger charge is 2.11. The maximum atomic E-state index is 13.3. The van der Waals surface area contributed by atoms with Crippen LogP contribution in [0.1, 0.15) is 6.92 Å². The molecule has 0 aliphatic rings. The Labute approximate surface area is 103 Å². The van der Waals surface area contributed by atoms with Gasteiger partial charge in [-0.1, -0.05) is 12.1 Å². The molecular weight excluding hydrogens is 240 g/mol. The average Bonchev–Trinajstić information content (AvgIpc) is 2.34. The van der Waals surface area contributed by atoms with Crippen molar-refractivity contribution >= 4 is 5.90 Å². The zero-order chi connectivity index (χ0) is 13.4. The van der Waals surface area contributed by atoms with E-state index in [2.05, 4.69) is 10.4 Å². The summed E-state index contributed by atoms with van der Waals surface area (Å²) < 4.78 is 31.7. The van der Waals surface area contributed by atoms with Gasteiger partial charge in [-0.3, -0.25) is 5.84 Å². The highest BCUT2D eigenvalue weighted by Crippen LogP contribution is 2.21. The molecule has 18 heavy (non-hydrogen) atoms. The van der Waals surface area contributed by atoms with Crippen LogP contribution in [0.5, 0.6) is 5.75 Å². The number of para-hydroxylation sites is 1. The molecule has 4 nitrogen and oxygen atoms in total. The van der Waals surface area contributed by atoms with Gasteiger partial charge in [-0.05, 0) is 25.1 Å². The van der Waals surface area contributed by atoms with Crippen molar-refractivity contribution in [2.24, 2.45) is 10.8 Å². The van der Waals surface area contributed by atoms with E-state index >= 15 is 0 Å². The number of allylic oxidation sites excluding steroid dienone is 1. The van der Waals surface area contributed by atoms with Crippen LogP contribution in [0.15, 0.2) is 47.7 Å². The fourth-order valence-corrected chi connectivity index (χ4v) is 1.08. The van der Waals surface area contributed by atoms with Crippen LogP contribution in [0.4, 0.5) is 8.78 Å². The summed E-state index contributed by atoms with van der Waals surface area (Å²) in [7, 11) is 0. The summed E-state index contributed by atoms with van der Waals surface area (Å²) in [5.74, 6) is 2.95. The quantitative estimate of drug-likeness (QED) is 0.374. The van der Waals surface area contributed by atoms with Crippen molar-refractivity contribution in [3.63, 3.8) is 0 Å². The third-order valence-corrected chi connectivity index (χ3v) is 1.81. The van der Waals surface area contributed by atoms with Crippen molar-refractivity contribution in [3.05, 3.63) is 54.4 Å². The first-order valence-corrected chi connectivity index (χ1v) is 5.12. The zero-order valence-electron chi connectivity index (χ0n) is 9.73. The third kappa shape index (κ3) is 3.99. The molecule has 0 bridgehead atoms. The smallest absolute Gasteiger partial charge is 0.219 e. The molecule has 0 atom stereocenters. The van der Waals surface area contributed by atoms with E-state index in [-0.39, 0.29) is 5.90 Å². The second-order valence-electron chi connectivity index (χ2n) is 3.10. The van der Waals surface area contributed by atoms with Crippen LogP contribution < -0.4 is 16.0 Å². The Bertz CT molecular complexity index is 464. The molecular formula is C12H13F2N3O. The van der Waals surface area contributed by atoms with Crippen LogP contribution in [0.3, 0.4) is 0 Å². The molecule has 0 saturated carbocycles. The maximum absolute atomic E-state index is 13.3. The number of hydrogen-bond donors (Lipinski definition) is 2. The Hall–Kier alpha value is -2.21. The molecule has 0 aliphatic carbocycles. The first-order chi connectivity index (χ1) is 8.69. The van der Waals surface area contributed by atoms with Gasteiger partial charge in [0.05, 0.1) is 0 Å². The van der Waals surface area contributed by atoms with Gasteiger partial charge in [0.15, 0.2) is 11.6 Å².